The van der Waals surface area contributed by atoms with Crippen LogP contribution in [0, 0.1) is 0 Å². The summed E-state index contributed by atoms with van der Waals surface area (Å²) >= 11 is 0. The molecule has 1 aromatic rings. The monoisotopic (exact) mass is 250 g/mol. The number of fused-ring (bicyclic) bond motifs is 1. The third kappa shape index (κ3) is 2.31. The van der Waals surface area contributed by atoms with E-state index < -0.39 is 5.60 Å². The van der Waals surface area contributed by atoms with Gasteiger partial charge >= 0.3 is 0 Å². The van der Waals surface area contributed by atoms with Crippen LogP contribution in [0.25, 0.3) is 0 Å². The van der Waals surface area contributed by atoms with Crippen molar-refractivity contribution in [3.63, 3.8) is 0 Å². The first-order valence-electron chi connectivity index (χ1n) is 6.33. The van der Waals surface area contributed by atoms with Gasteiger partial charge in [-0.3, -0.25) is 0 Å². The molecule has 0 spiro atoms. The molecule has 18 heavy (non-hydrogen) atoms. The van der Waals surface area contributed by atoms with Crippen LogP contribution >= 0.6 is 0 Å². The van der Waals surface area contributed by atoms with Crippen LogP contribution in [-0.2, 0) is 17.8 Å². The van der Waals surface area contributed by atoms with Crippen molar-refractivity contribution in [2.24, 2.45) is 0 Å². The van der Waals surface area contributed by atoms with Gasteiger partial charge in [0, 0.05) is 13.5 Å². The molecule has 1 saturated carbocycles. The lowest BCUT2D eigenvalue weighted by Crippen LogP contribution is -2.18. The number of ether oxygens (including phenoxy) is 3. The second-order valence-electron chi connectivity index (χ2n) is 5.10. The molecule has 98 valence electrons. The number of hydrogen-bond acceptors (Lipinski definition) is 4. The van der Waals surface area contributed by atoms with Gasteiger partial charge in [-0.2, -0.15) is 0 Å². The Balaban J connectivity index is 1.93. The van der Waals surface area contributed by atoms with Crippen LogP contribution in [0.4, 0.5) is 0 Å². The van der Waals surface area contributed by atoms with Crippen LogP contribution < -0.4 is 9.47 Å². The number of hydrogen-bond donors (Lipinski definition) is 1. The van der Waals surface area contributed by atoms with Gasteiger partial charge in [0.15, 0.2) is 11.5 Å². The zero-order chi connectivity index (χ0) is 12.6. The molecule has 1 aromatic carbocycles. The second kappa shape index (κ2) is 4.44. The van der Waals surface area contributed by atoms with Gasteiger partial charge in [-0.1, -0.05) is 0 Å². The minimum Gasteiger partial charge on any atom is -0.486 e. The highest BCUT2D eigenvalue weighted by Gasteiger charge is 2.40. The molecule has 1 N–H and O–H groups in total. The van der Waals surface area contributed by atoms with Crippen LogP contribution in [0.2, 0.25) is 0 Å². The molecule has 2 aliphatic rings. The van der Waals surface area contributed by atoms with Gasteiger partial charge in [0.1, 0.15) is 13.2 Å². The average molecular weight is 250 g/mol. The van der Waals surface area contributed by atoms with E-state index in [2.05, 4.69) is 0 Å². The Morgan fingerprint density at radius 3 is 2.33 bits per heavy atom. The molecule has 1 fully saturated rings. The molecule has 4 heteroatoms. The largest absolute Gasteiger partial charge is 0.486 e. The molecule has 0 amide bonds. The van der Waals surface area contributed by atoms with Crippen molar-refractivity contribution in [3.05, 3.63) is 23.3 Å². The molecule has 0 atom stereocenters. The van der Waals surface area contributed by atoms with Gasteiger partial charge in [0.25, 0.3) is 0 Å². The minimum absolute atomic E-state index is 0.508. The van der Waals surface area contributed by atoms with E-state index in [1.54, 1.807) is 7.11 Å². The summed E-state index contributed by atoms with van der Waals surface area (Å²) in [5.74, 6) is 1.56. The fraction of sp³-hybridized carbons (Fsp3) is 0.571. The SMILES string of the molecule is COCc1cc2c(cc1CC1(O)CC1)OCCO2. The van der Waals surface area contributed by atoms with Crippen LogP contribution in [0.3, 0.4) is 0 Å². The summed E-state index contributed by atoms with van der Waals surface area (Å²) in [6, 6.07) is 3.96. The molecule has 3 rings (SSSR count). The molecule has 0 radical (unpaired) electrons. The van der Waals surface area contributed by atoms with E-state index in [4.69, 9.17) is 14.2 Å². The lowest BCUT2D eigenvalue weighted by atomic mass is 9.99. The van der Waals surface area contributed by atoms with Gasteiger partial charge in [-0.15, -0.1) is 0 Å². The van der Waals surface area contributed by atoms with Crippen LogP contribution in [0.5, 0.6) is 11.5 Å². The van der Waals surface area contributed by atoms with Crippen molar-refractivity contribution < 1.29 is 19.3 Å². The van der Waals surface area contributed by atoms with Crippen LogP contribution in [0.15, 0.2) is 12.1 Å². The van der Waals surface area contributed by atoms with E-state index in [9.17, 15) is 5.11 Å². The fourth-order valence-corrected chi connectivity index (χ4v) is 2.30. The van der Waals surface area contributed by atoms with E-state index in [0.717, 1.165) is 35.5 Å². The molecular weight excluding hydrogens is 232 g/mol. The van der Waals surface area contributed by atoms with E-state index in [1.165, 1.54) is 0 Å². The first-order chi connectivity index (χ1) is 8.70. The average Bonchev–Trinajstić information content (AvgIpc) is 3.08. The Hall–Kier alpha value is -1.26. The predicted molar refractivity (Wildman–Crippen MR) is 66.0 cm³/mol. The number of methoxy groups -OCH3 is 1. The highest BCUT2D eigenvalue weighted by atomic mass is 16.6. The Kier molecular flexibility index (Phi) is 2.92. The van der Waals surface area contributed by atoms with Crippen LogP contribution in [-0.4, -0.2) is 31.0 Å². The van der Waals surface area contributed by atoms with Crippen molar-refractivity contribution in [1.29, 1.82) is 0 Å². The summed E-state index contributed by atoms with van der Waals surface area (Å²) in [4.78, 5) is 0. The molecule has 0 aromatic heterocycles. The second-order valence-corrected chi connectivity index (χ2v) is 5.10. The molecule has 1 aliphatic carbocycles. The van der Waals surface area contributed by atoms with E-state index in [-0.39, 0.29) is 0 Å². The number of rotatable bonds is 4. The smallest absolute Gasteiger partial charge is 0.161 e. The first-order valence-corrected chi connectivity index (χ1v) is 6.33. The zero-order valence-electron chi connectivity index (χ0n) is 10.6. The zero-order valence-corrected chi connectivity index (χ0v) is 10.6. The van der Waals surface area contributed by atoms with Gasteiger partial charge in [-0.25, -0.2) is 0 Å². The Labute approximate surface area is 106 Å². The summed E-state index contributed by atoms with van der Waals surface area (Å²) in [5.41, 5.74) is 1.66. The Bertz CT molecular complexity index is 451. The predicted octanol–water partition coefficient (Wildman–Crippen LogP) is 1.67. The summed E-state index contributed by atoms with van der Waals surface area (Å²) in [5, 5.41) is 10.1. The standard InChI is InChI=1S/C14H18O4/c1-16-9-11-7-13-12(17-4-5-18-13)6-10(11)8-14(15)2-3-14/h6-7,15H,2-5,8-9H2,1H3. The van der Waals surface area contributed by atoms with E-state index >= 15 is 0 Å². The molecule has 0 saturated heterocycles. The van der Waals surface area contributed by atoms with Gasteiger partial charge in [0.05, 0.1) is 12.2 Å². The molecule has 1 aliphatic heterocycles. The third-order valence-corrected chi connectivity index (χ3v) is 3.51. The van der Waals surface area contributed by atoms with Gasteiger partial charge in [0.2, 0.25) is 0 Å². The maximum absolute atomic E-state index is 10.1. The summed E-state index contributed by atoms with van der Waals surface area (Å²) in [7, 11) is 1.67. The number of aliphatic hydroxyl groups is 1. The highest BCUT2D eigenvalue weighted by molar-refractivity contribution is 5.48. The maximum atomic E-state index is 10.1. The highest BCUT2D eigenvalue weighted by Crippen LogP contribution is 2.41. The van der Waals surface area contributed by atoms with Crippen molar-refractivity contribution in [2.45, 2.75) is 31.5 Å². The quantitative estimate of drug-likeness (QED) is 0.883. The van der Waals surface area contributed by atoms with Crippen molar-refractivity contribution in [3.8, 4) is 11.5 Å². The van der Waals surface area contributed by atoms with E-state index in [1.807, 2.05) is 12.1 Å². The van der Waals surface area contributed by atoms with Crippen LogP contribution in [0.1, 0.15) is 24.0 Å². The van der Waals surface area contributed by atoms with Crippen molar-refractivity contribution >= 4 is 0 Å². The van der Waals surface area contributed by atoms with Gasteiger partial charge in [-0.05, 0) is 36.1 Å². The molecule has 1 heterocycles. The van der Waals surface area contributed by atoms with E-state index in [0.29, 0.717) is 26.2 Å². The number of benzene rings is 1. The lowest BCUT2D eigenvalue weighted by molar-refractivity contribution is 0.146. The molecule has 4 nitrogen and oxygen atoms in total. The normalized spacial score (nSPS) is 19.7. The van der Waals surface area contributed by atoms with Gasteiger partial charge < -0.3 is 19.3 Å². The van der Waals surface area contributed by atoms with Crippen molar-refractivity contribution in [2.75, 3.05) is 20.3 Å². The summed E-state index contributed by atoms with van der Waals surface area (Å²) in [6.45, 7) is 1.70. The maximum Gasteiger partial charge on any atom is 0.161 e. The topological polar surface area (TPSA) is 47.9 Å². The summed E-state index contributed by atoms with van der Waals surface area (Å²) < 4.78 is 16.4. The Morgan fingerprint density at radius 2 is 1.78 bits per heavy atom. The summed E-state index contributed by atoms with van der Waals surface area (Å²) in [6.07, 6.45) is 2.43. The first kappa shape index (κ1) is 11.8. The van der Waals surface area contributed by atoms with Crippen molar-refractivity contribution in [1.82, 2.24) is 0 Å². The fourth-order valence-electron chi connectivity index (χ4n) is 2.30. The minimum atomic E-state index is -0.508. The Morgan fingerprint density at radius 1 is 1.17 bits per heavy atom. The third-order valence-electron chi connectivity index (χ3n) is 3.51. The molecular formula is C14H18O4. The lowest BCUT2D eigenvalue weighted by Gasteiger charge is -2.22. The molecule has 0 bridgehead atoms. The molecule has 0 unspecified atom stereocenters.